The molecular formula is C9H20N2O. The van der Waals surface area contributed by atoms with Crippen LogP contribution in [-0.4, -0.2) is 60.3 Å². The first kappa shape index (κ1) is 9.96. The molecule has 1 saturated heterocycles. The fourth-order valence-corrected chi connectivity index (χ4v) is 1.87. The zero-order valence-electron chi connectivity index (χ0n) is 8.32. The molecule has 0 bridgehead atoms. The van der Waals surface area contributed by atoms with E-state index in [9.17, 15) is 0 Å². The fourth-order valence-electron chi connectivity index (χ4n) is 1.87. The number of aliphatic hydroxyl groups excluding tert-OH is 1. The van der Waals surface area contributed by atoms with Gasteiger partial charge in [0.1, 0.15) is 0 Å². The number of piperazine rings is 1. The van der Waals surface area contributed by atoms with Crippen molar-refractivity contribution < 1.29 is 5.11 Å². The molecule has 0 aliphatic carbocycles. The standard InChI is InChI=1S/C9H20N2O/c1-8(2)11-5-4-10(3)6-9(11)7-12/h8-9,12H,4-7H2,1-3H3. The largest absolute Gasteiger partial charge is 0.395 e. The first-order valence-electron chi connectivity index (χ1n) is 4.70. The predicted molar refractivity (Wildman–Crippen MR) is 50.2 cm³/mol. The Labute approximate surface area is 75.0 Å². The molecule has 3 heteroatoms. The molecule has 1 aliphatic rings. The summed E-state index contributed by atoms with van der Waals surface area (Å²) in [6.45, 7) is 7.85. The Morgan fingerprint density at radius 2 is 2.08 bits per heavy atom. The zero-order valence-corrected chi connectivity index (χ0v) is 8.32. The highest BCUT2D eigenvalue weighted by Gasteiger charge is 2.25. The Kier molecular flexibility index (Phi) is 3.50. The fraction of sp³-hybridized carbons (Fsp3) is 1.00. The van der Waals surface area contributed by atoms with Gasteiger partial charge < -0.3 is 10.0 Å². The summed E-state index contributed by atoms with van der Waals surface area (Å²) >= 11 is 0. The molecule has 1 N–H and O–H groups in total. The Bertz CT molecular complexity index is 138. The first-order valence-corrected chi connectivity index (χ1v) is 4.70. The third-order valence-electron chi connectivity index (χ3n) is 2.61. The molecule has 0 aromatic carbocycles. The van der Waals surface area contributed by atoms with Gasteiger partial charge in [-0.2, -0.15) is 0 Å². The van der Waals surface area contributed by atoms with Crippen LogP contribution in [0.3, 0.4) is 0 Å². The lowest BCUT2D eigenvalue weighted by Gasteiger charge is -2.41. The van der Waals surface area contributed by atoms with Crippen molar-refractivity contribution in [1.82, 2.24) is 9.80 Å². The highest BCUT2D eigenvalue weighted by molar-refractivity contribution is 4.81. The van der Waals surface area contributed by atoms with Gasteiger partial charge >= 0.3 is 0 Å². The highest BCUT2D eigenvalue weighted by atomic mass is 16.3. The van der Waals surface area contributed by atoms with E-state index in [0.29, 0.717) is 12.1 Å². The van der Waals surface area contributed by atoms with Crippen molar-refractivity contribution in [3.8, 4) is 0 Å². The highest BCUT2D eigenvalue weighted by Crippen LogP contribution is 2.11. The molecule has 1 unspecified atom stereocenters. The van der Waals surface area contributed by atoms with Crippen molar-refractivity contribution in [3.05, 3.63) is 0 Å². The van der Waals surface area contributed by atoms with E-state index in [1.165, 1.54) is 0 Å². The molecule has 3 nitrogen and oxygen atoms in total. The molecule has 12 heavy (non-hydrogen) atoms. The maximum atomic E-state index is 9.16. The van der Waals surface area contributed by atoms with E-state index < -0.39 is 0 Å². The third kappa shape index (κ3) is 2.19. The Balaban J connectivity index is 2.50. The van der Waals surface area contributed by atoms with Gasteiger partial charge in [-0.25, -0.2) is 0 Å². The molecule has 1 fully saturated rings. The maximum absolute atomic E-state index is 9.16. The lowest BCUT2D eigenvalue weighted by Crippen LogP contribution is -2.55. The zero-order chi connectivity index (χ0) is 9.14. The van der Waals surface area contributed by atoms with Crippen LogP contribution >= 0.6 is 0 Å². The SMILES string of the molecule is CC(C)N1CCN(C)CC1CO. The molecule has 0 saturated carbocycles. The van der Waals surface area contributed by atoms with Gasteiger partial charge in [-0.1, -0.05) is 0 Å². The molecule has 1 heterocycles. The van der Waals surface area contributed by atoms with E-state index in [2.05, 4.69) is 30.7 Å². The van der Waals surface area contributed by atoms with Crippen LogP contribution in [0.1, 0.15) is 13.8 Å². The minimum Gasteiger partial charge on any atom is -0.395 e. The number of likely N-dealkylation sites (N-methyl/N-ethyl adjacent to an activating group) is 1. The molecule has 72 valence electrons. The first-order chi connectivity index (χ1) is 5.65. The van der Waals surface area contributed by atoms with Gasteiger partial charge in [0.05, 0.1) is 6.61 Å². The second kappa shape index (κ2) is 4.21. The smallest absolute Gasteiger partial charge is 0.0599 e. The molecule has 0 spiro atoms. The van der Waals surface area contributed by atoms with Crippen LogP contribution in [0.15, 0.2) is 0 Å². The average molecular weight is 172 g/mol. The van der Waals surface area contributed by atoms with Crippen LogP contribution in [0.5, 0.6) is 0 Å². The van der Waals surface area contributed by atoms with Crippen LogP contribution in [0.4, 0.5) is 0 Å². The maximum Gasteiger partial charge on any atom is 0.0599 e. The van der Waals surface area contributed by atoms with E-state index in [0.717, 1.165) is 19.6 Å². The van der Waals surface area contributed by atoms with E-state index in [-0.39, 0.29) is 6.61 Å². The van der Waals surface area contributed by atoms with E-state index in [4.69, 9.17) is 5.11 Å². The number of aliphatic hydroxyl groups is 1. The third-order valence-corrected chi connectivity index (χ3v) is 2.61. The van der Waals surface area contributed by atoms with Crippen LogP contribution in [0.2, 0.25) is 0 Å². The Morgan fingerprint density at radius 3 is 2.58 bits per heavy atom. The average Bonchev–Trinajstić information content (AvgIpc) is 2.03. The van der Waals surface area contributed by atoms with Crippen LogP contribution in [0, 0.1) is 0 Å². The molecule has 0 aromatic heterocycles. The molecular weight excluding hydrogens is 152 g/mol. The minimum absolute atomic E-state index is 0.280. The monoisotopic (exact) mass is 172 g/mol. The number of hydrogen-bond acceptors (Lipinski definition) is 3. The molecule has 0 aromatic rings. The van der Waals surface area contributed by atoms with Crippen molar-refractivity contribution in [1.29, 1.82) is 0 Å². The second-order valence-electron chi connectivity index (χ2n) is 3.93. The molecule has 1 aliphatic heterocycles. The Morgan fingerprint density at radius 1 is 1.42 bits per heavy atom. The van der Waals surface area contributed by atoms with Gasteiger partial charge in [0, 0.05) is 31.7 Å². The van der Waals surface area contributed by atoms with Crippen LogP contribution in [-0.2, 0) is 0 Å². The van der Waals surface area contributed by atoms with Gasteiger partial charge in [-0.15, -0.1) is 0 Å². The van der Waals surface area contributed by atoms with E-state index in [1.54, 1.807) is 0 Å². The Hall–Kier alpha value is -0.120. The summed E-state index contributed by atoms with van der Waals surface area (Å²) < 4.78 is 0. The van der Waals surface area contributed by atoms with Gasteiger partial charge in [0.15, 0.2) is 0 Å². The summed E-state index contributed by atoms with van der Waals surface area (Å²) in [6.07, 6.45) is 0. The van der Waals surface area contributed by atoms with Crippen molar-refractivity contribution >= 4 is 0 Å². The summed E-state index contributed by atoms with van der Waals surface area (Å²) in [4.78, 5) is 4.65. The predicted octanol–water partition coefficient (Wildman–Crippen LogP) is 0.00310. The number of nitrogens with zero attached hydrogens (tertiary/aromatic N) is 2. The van der Waals surface area contributed by atoms with Gasteiger partial charge in [-0.05, 0) is 20.9 Å². The molecule has 0 amide bonds. The van der Waals surface area contributed by atoms with Crippen LogP contribution in [0.25, 0.3) is 0 Å². The van der Waals surface area contributed by atoms with Crippen molar-refractivity contribution in [2.24, 2.45) is 0 Å². The van der Waals surface area contributed by atoms with Crippen molar-refractivity contribution in [2.45, 2.75) is 25.9 Å². The summed E-state index contributed by atoms with van der Waals surface area (Å²) in [5, 5.41) is 9.16. The van der Waals surface area contributed by atoms with Crippen LogP contribution < -0.4 is 0 Å². The number of rotatable bonds is 2. The molecule has 1 atom stereocenters. The van der Waals surface area contributed by atoms with Gasteiger partial charge in [-0.3, -0.25) is 4.90 Å². The lowest BCUT2D eigenvalue weighted by atomic mass is 10.1. The number of hydrogen-bond donors (Lipinski definition) is 1. The molecule has 0 radical (unpaired) electrons. The summed E-state index contributed by atoms with van der Waals surface area (Å²) in [5.74, 6) is 0. The summed E-state index contributed by atoms with van der Waals surface area (Å²) in [6, 6.07) is 0.889. The van der Waals surface area contributed by atoms with Gasteiger partial charge in [0.2, 0.25) is 0 Å². The van der Waals surface area contributed by atoms with E-state index in [1.807, 2.05) is 0 Å². The quantitative estimate of drug-likeness (QED) is 0.635. The topological polar surface area (TPSA) is 26.7 Å². The van der Waals surface area contributed by atoms with Crippen molar-refractivity contribution in [2.75, 3.05) is 33.3 Å². The molecule has 1 rings (SSSR count). The van der Waals surface area contributed by atoms with Gasteiger partial charge in [0.25, 0.3) is 0 Å². The summed E-state index contributed by atoms with van der Waals surface area (Å²) in [5.41, 5.74) is 0. The minimum atomic E-state index is 0.280. The van der Waals surface area contributed by atoms with E-state index >= 15 is 0 Å². The van der Waals surface area contributed by atoms with Crippen molar-refractivity contribution in [3.63, 3.8) is 0 Å². The lowest BCUT2D eigenvalue weighted by molar-refractivity contribution is 0.0307. The summed E-state index contributed by atoms with van der Waals surface area (Å²) in [7, 11) is 2.11. The normalized spacial score (nSPS) is 28.2. The second-order valence-corrected chi connectivity index (χ2v) is 3.93.